The maximum atomic E-state index is 15.0. The highest BCUT2D eigenvalue weighted by Crippen LogP contribution is 2.27. The van der Waals surface area contributed by atoms with E-state index in [2.05, 4.69) is 89.4 Å². The SMILES string of the molecule is Cn1nnc2c1C(=O)N1CN3CN(C1)C(=O)c1c(nnn1C)SC[C@H](N)C(=O)NCC(=O)CCC(=O)NCC(=O)NCC(=O)NCC(=O)N[C@@H](CSc1nnn(C)c1C3=O)C(=O)NCC(=O)NCC(=O)NCC(=O)NCC(=O)NCC(=O)N[C@H](C(=O)O)CSC2. The summed E-state index contributed by atoms with van der Waals surface area (Å²) in [4.78, 5) is 214. The smallest absolute Gasteiger partial charge is 0.327 e. The number of carboxylic acids is 1. The van der Waals surface area contributed by atoms with Gasteiger partial charge in [-0.2, -0.15) is 11.8 Å². The number of nitrogens with zero attached hydrogens (tertiary/aromatic N) is 12. The number of aryl methyl sites for hydroxylation is 3. The van der Waals surface area contributed by atoms with E-state index in [4.69, 9.17) is 5.73 Å². The molecule has 0 aliphatic carbocycles. The molecule has 44 heteroatoms. The zero-order valence-electron chi connectivity index (χ0n) is 48.1. The molecule has 4 bridgehead atoms. The molecule has 6 heterocycles. The molecule has 14 amide bonds. The number of hydrogen-bond acceptors (Lipinski definition) is 26. The number of aromatic nitrogens is 9. The van der Waals surface area contributed by atoms with E-state index in [-0.39, 0.29) is 56.5 Å². The first-order chi connectivity index (χ1) is 42.8. The highest BCUT2D eigenvalue weighted by atomic mass is 32.2. The molecule has 6 rings (SSSR count). The van der Waals surface area contributed by atoms with E-state index in [0.717, 1.165) is 52.3 Å². The minimum atomic E-state index is -1.63. The van der Waals surface area contributed by atoms with Crippen molar-refractivity contribution in [3.05, 3.63) is 22.8 Å². The maximum absolute atomic E-state index is 15.0. The molecule has 3 aliphatic rings. The molecule has 90 heavy (non-hydrogen) atoms. The highest BCUT2D eigenvalue weighted by molar-refractivity contribution is 7.99. The van der Waals surface area contributed by atoms with Crippen LogP contribution in [0.15, 0.2) is 10.1 Å². The summed E-state index contributed by atoms with van der Waals surface area (Å²) in [5.41, 5.74) is 5.47. The molecule has 3 aromatic rings. The Kier molecular flexibility index (Phi) is 25.3. The molecule has 0 aromatic carbocycles. The first-order valence-corrected chi connectivity index (χ1v) is 29.8. The third-order valence-electron chi connectivity index (χ3n) is 12.6. The predicted molar refractivity (Wildman–Crippen MR) is 305 cm³/mol. The number of nitrogens with one attached hydrogen (secondary N) is 11. The number of thioether (sulfide) groups is 3. The van der Waals surface area contributed by atoms with Gasteiger partial charge in [0.2, 0.25) is 65.0 Å². The van der Waals surface area contributed by atoms with Gasteiger partial charge in [0.05, 0.1) is 85.0 Å². The van der Waals surface area contributed by atoms with Crippen LogP contribution in [0.3, 0.4) is 0 Å². The van der Waals surface area contributed by atoms with Crippen LogP contribution < -0.4 is 64.2 Å². The second-order valence-corrected chi connectivity index (χ2v) is 22.5. The van der Waals surface area contributed by atoms with E-state index in [9.17, 15) is 77.0 Å². The highest BCUT2D eigenvalue weighted by Gasteiger charge is 2.39. The summed E-state index contributed by atoms with van der Waals surface area (Å²) in [5.74, 6) is -15.9. The van der Waals surface area contributed by atoms with Crippen LogP contribution in [0.25, 0.3) is 0 Å². The fourth-order valence-electron chi connectivity index (χ4n) is 7.87. The lowest BCUT2D eigenvalue weighted by atomic mass is 10.2. The number of carbonyl (C=O) groups excluding carboxylic acids is 15. The topological polar surface area (TPSA) is 554 Å². The van der Waals surface area contributed by atoms with Crippen LogP contribution in [0.4, 0.5) is 0 Å². The Bertz CT molecular complexity index is 3320. The van der Waals surface area contributed by atoms with E-state index < -0.39 is 204 Å². The van der Waals surface area contributed by atoms with Crippen molar-refractivity contribution in [3.63, 3.8) is 0 Å². The molecule has 0 spiro atoms. The van der Waals surface area contributed by atoms with Crippen molar-refractivity contribution in [2.45, 2.75) is 46.8 Å². The van der Waals surface area contributed by atoms with Gasteiger partial charge in [-0.25, -0.2) is 18.8 Å². The van der Waals surface area contributed by atoms with Gasteiger partial charge in [-0.3, -0.25) is 71.9 Å². The molecule has 1 saturated heterocycles. The van der Waals surface area contributed by atoms with Gasteiger partial charge in [0.15, 0.2) is 27.2 Å². The fourth-order valence-corrected chi connectivity index (χ4v) is 10.8. The molecule has 3 aromatic heterocycles. The Balaban J connectivity index is 1.35. The molecule has 1 fully saturated rings. The van der Waals surface area contributed by atoms with Gasteiger partial charge in [0.1, 0.15) is 23.5 Å². The molecule has 0 saturated carbocycles. The third kappa shape index (κ3) is 20.4. The summed E-state index contributed by atoms with van der Waals surface area (Å²) in [5, 5.41) is 58.8. The number of nitrogens with two attached hydrogens (primary N) is 1. The predicted octanol–water partition coefficient (Wildman–Crippen LogP) is -11.1. The average molecular weight is 1320 g/mol. The number of aliphatic carboxylic acids is 1. The minimum Gasteiger partial charge on any atom is -0.480 e. The Labute approximate surface area is 520 Å². The second-order valence-electron chi connectivity index (χ2n) is 19.4. The van der Waals surface area contributed by atoms with Crippen LogP contribution in [-0.2, 0) is 89.2 Å². The van der Waals surface area contributed by atoms with Crippen LogP contribution in [0.5, 0.6) is 0 Å². The molecule has 41 nitrogen and oxygen atoms in total. The molecule has 0 unspecified atom stereocenters. The molecular formula is C46H62N24O17S3. The summed E-state index contributed by atoms with van der Waals surface area (Å²) in [6.45, 7) is -7.99. The maximum Gasteiger partial charge on any atom is 0.327 e. The van der Waals surface area contributed by atoms with Gasteiger partial charge < -0.3 is 84.0 Å². The van der Waals surface area contributed by atoms with Gasteiger partial charge >= 0.3 is 5.97 Å². The summed E-state index contributed by atoms with van der Waals surface area (Å²) in [6.07, 6.45) is -0.759. The summed E-state index contributed by atoms with van der Waals surface area (Å²) in [7, 11) is 4.05. The van der Waals surface area contributed by atoms with Gasteiger partial charge in [-0.05, 0) is 0 Å². The van der Waals surface area contributed by atoms with Gasteiger partial charge in [0, 0.05) is 57.0 Å². The Hall–Kier alpha value is -9.85. The number of ketones is 1. The monoisotopic (exact) mass is 1320 g/mol. The first-order valence-electron chi connectivity index (χ1n) is 26.7. The number of fused-ring (bicyclic) bond motifs is 6. The Morgan fingerprint density at radius 3 is 1.32 bits per heavy atom. The first kappa shape index (κ1) is 69.3. The van der Waals surface area contributed by atoms with Crippen molar-refractivity contribution >= 4 is 130 Å². The van der Waals surface area contributed by atoms with Crippen LogP contribution in [-0.4, -0.2) is 274 Å². The van der Waals surface area contributed by atoms with Crippen LogP contribution >= 0.6 is 35.3 Å². The third-order valence-corrected chi connectivity index (χ3v) is 15.7. The van der Waals surface area contributed by atoms with E-state index in [1.807, 2.05) is 0 Å². The van der Waals surface area contributed by atoms with E-state index in [0.29, 0.717) is 11.8 Å². The number of amides is 14. The van der Waals surface area contributed by atoms with E-state index >= 15 is 4.79 Å². The lowest BCUT2D eigenvalue weighted by Crippen LogP contribution is -2.60. The van der Waals surface area contributed by atoms with Crippen LogP contribution in [0.1, 0.15) is 50.0 Å². The van der Waals surface area contributed by atoms with Crippen molar-refractivity contribution in [2.24, 2.45) is 26.9 Å². The van der Waals surface area contributed by atoms with Crippen molar-refractivity contribution in [2.75, 3.05) is 96.2 Å². The minimum absolute atomic E-state index is 0.0109. The number of hydrogen-bond donors (Lipinski definition) is 13. The second kappa shape index (κ2) is 32.9. The van der Waals surface area contributed by atoms with E-state index in [1.165, 1.54) is 21.1 Å². The zero-order chi connectivity index (χ0) is 65.8. The Morgan fingerprint density at radius 1 is 0.456 bits per heavy atom. The van der Waals surface area contributed by atoms with Gasteiger partial charge in [0.25, 0.3) is 17.7 Å². The normalized spacial score (nSPS) is 21.4. The standard InChI is InChI=1S/C46H62N24O17S3/c1-65-36-24(59-62-65)16-88-17-26(46(86)87)58-35(80)14-54-32(77)11-51-29(74)8-50-30(75)9-52-33(78)12-56-40(82)25-18-90-42-38(67(3)64-61-42)45(85)70-20-68(43(36)83)19-69(21-70)44(84)37-41(60-63-66(37)2)89-15-23(47)39(81)55-6-22(71)4-5-27(72)48-7-28(73)49-10-31(76)53-13-34(79)57-25/h23,25-26H,4-21,47H2,1-3H3,(H,48,72)(H,49,73)(H,50,75)(H,51,74)(H,52,78)(H,53,76)(H,54,77)(H,55,81)(H,56,82)(H,57,79)(H,58,80)(H,86,87)/t23-,25-,26-/m0/s1. The molecular weight excluding hydrogens is 1260 g/mol. The average Bonchev–Trinajstić information content (AvgIpc) is 1.49. The van der Waals surface area contributed by atoms with Crippen LogP contribution in [0, 0.1) is 0 Å². The van der Waals surface area contributed by atoms with E-state index in [1.54, 1.807) is 0 Å². The van der Waals surface area contributed by atoms with Gasteiger partial charge in [-0.15, -0.1) is 15.3 Å². The molecule has 0 radical (unpaired) electrons. The lowest BCUT2D eigenvalue weighted by Gasteiger charge is -2.42. The molecule has 3 aliphatic heterocycles. The quantitative estimate of drug-likeness (QED) is 0.108. The zero-order valence-corrected chi connectivity index (χ0v) is 50.6. The molecule has 14 N–H and O–H groups in total. The number of rotatable bonds is 1. The summed E-state index contributed by atoms with van der Waals surface area (Å²) < 4.78 is 3.22. The van der Waals surface area contributed by atoms with Crippen molar-refractivity contribution < 1.29 is 81.8 Å². The fraction of sp³-hybridized carbons (Fsp3) is 0.522. The molecule has 3 atom stereocenters. The Morgan fingerprint density at radius 2 is 0.844 bits per heavy atom. The van der Waals surface area contributed by atoms with Crippen LogP contribution in [0.2, 0.25) is 0 Å². The molecule has 486 valence electrons. The van der Waals surface area contributed by atoms with Gasteiger partial charge in [-0.1, -0.05) is 39.2 Å². The number of Topliss-reactive ketones (excluding diaryl/α,β-unsaturated/α-hetero) is 1. The lowest BCUT2D eigenvalue weighted by molar-refractivity contribution is -0.141. The number of carbonyl (C=O) groups is 16. The van der Waals surface area contributed by atoms with Crippen molar-refractivity contribution in [1.82, 2.24) is 118 Å². The van der Waals surface area contributed by atoms with Crippen molar-refractivity contribution in [1.29, 1.82) is 0 Å². The largest absolute Gasteiger partial charge is 0.480 e. The summed E-state index contributed by atoms with van der Waals surface area (Å²) >= 11 is 2.40. The summed E-state index contributed by atoms with van der Waals surface area (Å²) in [6, 6.07) is -4.50. The van der Waals surface area contributed by atoms with Crippen molar-refractivity contribution in [3.8, 4) is 0 Å². The number of carboxylic acid groups (broad SMARTS) is 1.